The number of ether oxygens (including phenoxy) is 1. The molecule has 0 aromatic heterocycles. The van der Waals surface area contributed by atoms with Gasteiger partial charge >= 0.3 is 5.71 Å². The zero-order valence-electron chi connectivity index (χ0n) is 8.12. The maximum absolute atomic E-state index is 10.9. The second-order valence-corrected chi connectivity index (χ2v) is 3.87. The predicted molar refractivity (Wildman–Crippen MR) is 51.4 cm³/mol. The van der Waals surface area contributed by atoms with E-state index in [0.717, 1.165) is 5.57 Å². The first kappa shape index (κ1) is 12.4. The van der Waals surface area contributed by atoms with E-state index in [1.807, 2.05) is 13.8 Å². The van der Waals surface area contributed by atoms with Gasteiger partial charge in [-0.25, -0.2) is 4.79 Å². The average molecular weight is 206 g/mol. The highest BCUT2D eigenvalue weighted by Gasteiger charge is 2.11. The first-order valence-electron chi connectivity index (χ1n) is 4.05. The molecule has 5 heteroatoms. The van der Waals surface area contributed by atoms with Crippen LogP contribution in [0, 0.1) is 0 Å². The lowest BCUT2D eigenvalue weighted by atomic mass is 10.3. The molecule has 0 spiro atoms. The summed E-state index contributed by atoms with van der Waals surface area (Å²) in [4.78, 5) is 10.9. The summed E-state index contributed by atoms with van der Waals surface area (Å²) in [6.45, 7) is 5.87. The van der Waals surface area contributed by atoms with Gasteiger partial charge < -0.3 is 9.26 Å². The molecule has 0 N–H and O–H groups in total. The van der Waals surface area contributed by atoms with Gasteiger partial charge in [0, 0.05) is 0 Å². The maximum atomic E-state index is 10.9. The molecule has 0 radical (unpaired) electrons. The topological polar surface area (TPSA) is 52.6 Å². The van der Waals surface area contributed by atoms with Gasteiger partial charge in [0.2, 0.25) is 0 Å². The molecule has 0 bridgehead atoms. The molecule has 0 aliphatic rings. The Morgan fingerprint density at radius 3 is 2.54 bits per heavy atom. The Morgan fingerprint density at radius 2 is 2.08 bits per heavy atom. The molecule has 0 saturated carbocycles. The summed E-state index contributed by atoms with van der Waals surface area (Å²) in [5, 5.41) is 0. The van der Waals surface area contributed by atoms with Crippen molar-refractivity contribution in [1.29, 1.82) is 0 Å². The van der Waals surface area contributed by atoms with Crippen LogP contribution in [-0.4, -0.2) is 18.9 Å². The second-order valence-electron chi connectivity index (χ2n) is 2.60. The van der Waals surface area contributed by atoms with Gasteiger partial charge in [0.1, 0.15) is 6.61 Å². The standard InChI is InChI=1S/C8H15O4P/c1-4-12-13(10)8(9)11-6-5-7(2)3/h5,13H,4,6H2,1-3H3. The molecule has 1 unspecified atom stereocenters. The summed E-state index contributed by atoms with van der Waals surface area (Å²) in [6.07, 6.45) is 1.74. The molecule has 76 valence electrons. The third-order valence-electron chi connectivity index (χ3n) is 1.15. The fourth-order valence-electron chi connectivity index (χ4n) is 0.533. The average Bonchev–Trinajstić information content (AvgIpc) is 2.04. The van der Waals surface area contributed by atoms with Crippen molar-refractivity contribution in [2.24, 2.45) is 0 Å². The zero-order chi connectivity index (χ0) is 10.3. The van der Waals surface area contributed by atoms with Crippen LogP contribution in [-0.2, 0) is 13.8 Å². The highest BCUT2D eigenvalue weighted by molar-refractivity contribution is 7.58. The van der Waals surface area contributed by atoms with Crippen LogP contribution in [0.15, 0.2) is 11.6 Å². The maximum Gasteiger partial charge on any atom is 0.388 e. The van der Waals surface area contributed by atoms with Crippen molar-refractivity contribution in [3.8, 4) is 0 Å². The van der Waals surface area contributed by atoms with E-state index in [9.17, 15) is 9.36 Å². The van der Waals surface area contributed by atoms with Gasteiger partial charge in [-0.3, -0.25) is 4.57 Å². The van der Waals surface area contributed by atoms with Gasteiger partial charge in [-0.2, -0.15) is 0 Å². The van der Waals surface area contributed by atoms with E-state index >= 15 is 0 Å². The molecule has 1 atom stereocenters. The number of hydrogen-bond donors (Lipinski definition) is 0. The van der Waals surface area contributed by atoms with E-state index in [1.54, 1.807) is 13.0 Å². The molecule has 13 heavy (non-hydrogen) atoms. The molecule has 4 nitrogen and oxygen atoms in total. The van der Waals surface area contributed by atoms with Crippen molar-refractivity contribution in [2.75, 3.05) is 13.2 Å². The fourth-order valence-corrected chi connectivity index (χ4v) is 1.11. The Bertz CT molecular complexity index is 218. The lowest BCUT2D eigenvalue weighted by molar-refractivity contribution is 0.179. The zero-order valence-corrected chi connectivity index (χ0v) is 9.12. The van der Waals surface area contributed by atoms with Gasteiger partial charge in [0.05, 0.1) is 6.61 Å². The minimum absolute atomic E-state index is 0.157. The highest BCUT2D eigenvalue weighted by atomic mass is 31.1. The Morgan fingerprint density at radius 1 is 1.46 bits per heavy atom. The minimum atomic E-state index is -2.66. The molecule has 0 heterocycles. The smallest absolute Gasteiger partial charge is 0.388 e. The van der Waals surface area contributed by atoms with Crippen LogP contribution >= 0.6 is 8.03 Å². The predicted octanol–water partition coefficient (Wildman–Crippen LogP) is 2.60. The largest absolute Gasteiger partial charge is 0.454 e. The summed E-state index contributed by atoms with van der Waals surface area (Å²) >= 11 is 0. The third kappa shape index (κ3) is 6.55. The molecule has 0 aliphatic heterocycles. The summed E-state index contributed by atoms with van der Waals surface area (Å²) in [5.41, 5.74) is 0.285. The molecular formula is C8H15O4P. The normalized spacial score (nSPS) is 11.9. The quantitative estimate of drug-likeness (QED) is 0.512. The van der Waals surface area contributed by atoms with Crippen LogP contribution in [0.25, 0.3) is 0 Å². The van der Waals surface area contributed by atoms with Crippen LogP contribution in [0.4, 0.5) is 4.79 Å². The lowest BCUT2D eigenvalue weighted by Gasteiger charge is -2.01. The Hall–Kier alpha value is -0.600. The van der Waals surface area contributed by atoms with E-state index < -0.39 is 13.7 Å². The number of rotatable bonds is 5. The highest BCUT2D eigenvalue weighted by Crippen LogP contribution is 2.24. The Balaban J connectivity index is 3.75. The lowest BCUT2D eigenvalue weighted by Crippen LogP contribution is -1.98. The number of hydrogen-bond acceptors (Lipinski definition) is 4. The van der Waals surface area contributed by atoms with Gasteiger partial charge in [0.15, 0.2) is 0 Å². The van der Waals surface area contributed by atoms with E-state index in [-0.39, 0.29) is 13.2 Å². The van der Waals surface area contributed by atoms with Crippen LogP contribution in [0.3, 0.4) is 0 Å². The summed E-state index contributed by atoms with van der Waals surface area (Å²) < 4.78 is 20.2. The van der Waals surface area contributed by atoms with Gasteiger partial charge in [0.25, 0.3) is 8.03 Å². The molecule has 0 rings (SSSR count). The van der Waals surface area contributed by atoms with Crippen molar-refractivity contribution in [3.05, 3.63) is 11.6 Å². The first-order chi connectivity index (χ1) is 6.07. The van der Waals surface area contributed by atoms with E-state index in [4.69, 9.17) is 0 Å². The SMILES string of the molecule is CCO[PH](=O)C(=O)OCC=C(C)C. The van der Waals surface area contributed by atoms with E-state index in [0.29, 0.717) is 0 Å². The fraction of sp³-hybridized carbons (Fsp3) is 0.625. The monoisotopic (exact) mass is 206 g/mol. The Kier molecular flexibility index (Phi) is 6.55. The molecule has 0 amide bonds. The summed E-state index contributed by atoms with van der Waals surface area (Å²) in [6, 6.07) is 0. The number of carbonyl (C=O) groups is 1. The van der Waals surface area contributed by atoms with Gasteiger partial charge in [-0.1, -0.05) is 5.57 Å². The minimum Gasteiger partial charge on any atom is -0.454 e. The van der Waals surface area contributed by atoms with E-state index in [2.05, 4.69) is 9.26 Å². The van der Waals surface area contributed by atoms with Crippen LogP contribution in [0.5, 0.6) is 0 Å². The van der Waals surface area contributed by atoms with Crippen LogP contribution < -0.4 is 0 Å². The Labute approximate surface area is 78.8 Å². The van der Waals surface area contributed by atoms with Crippen molar-refractivity contribution in [1.82, 2.24) is 0 Å². The van der Waals surface area contributed by atoms with Crippen molar-refractivity contribution in [2.45, 2.75) is 20.8 Å². The van der Waals surface area contributed by atoms with Gasteiger partial charge in [-0.15, -0.1) is 0 Å². The van der Waals surface area contributed by atoms with Crippen molar-refractivity contribution in [3.63, 3.8) is 0 Å². The summed E-state index contributed by atoms with van der Waals surface area (Å²) in [5.74, 6) is 0. The van der Waals surface area contributed by atoms with Crippen LogP contribution in [0.1, 0.15) is 20.8 Å². The number of carbonyl (C=O) groups excluding carboxylic acids is 1. The molecule has 0 saturated heterocycles. The van der Waals surface area contributed by atoms with Gasteiger partial charge in [-0.05, 0) is 26.8 Å². The molecular weight excluding hydrogens is 191 g/mol. The number of allylic oxidation sites excluding steroid dienone is 1. The van der Waals surface area contributed by atoms with Crippen LogP contribution in [0.2, 0.25) is 0 Å². The van der Waals surface area contributed by atoms with Crippen molar-refractivity contribution >= 4 is 13.7 Å². The summed E-state index contributed by atoms with van der Waals surface area (Å²) in [7, 11) is -2.66. The second kappa shape index (κ2) is 6.87. The molecule has 0 aromatic rings. The van der Waals surface area contributed by atoms with Crippen molar-refractivity contribution < 1.29 is 18.6 Å². The first-order valence-corrected chi connectivity index (χ1v) is 5.36. The van der Waals surface area contributed by atoms with E-state index in [1.165, 1.54) is 0 Å². The molecule has 0 aliphatic carbocycles. The molecule has 0 aromatic carbocycles. The molecule has 0 fully saturated rings. The third-order valence-corrected chi connectivity index (χ3v) is 2.18.